The Bertz CT molecular complexity index is 133. The van der Waals surface area contributed by atoms with Crippen molar-refractivity contribution in [1.82, 2.24) is 0 Å². The molecular formula is C6H11NO2. The highest BCUT2D eigenvalue weighted by Crippen LogP contribution is 2.12. The fourth-order valence-electron chi connectivity index (χ4n) is 0.744. The largest absolute Gasteiger partial charge is 0.468 e. The second-order valence-corrected chi connectivity index (χ2v) is 2.22. The van der Waals surface area contributed by atoms with E-state index in [0.29, 0.717) is 6.42 Å². The zero-order valence-corrected chi connectivity index (χ0v) is 5.37. The normalized spacial score (nSPS) is 35.2. The average molecular weight is 129 g/mol. The number of aliphatic hydroxyl groups is 1. The summed E-state index contributed by atoms with van der Waals surface area (Å²) >= 11 is 0. The van der Waals surface area contributed by atoms with Gasteiger partial charge < -0.3 is 15.6 Å². The summed E-state index contributed by atoms with van der Waals surface area (Å²) in [6, 6.07) is -0.256. The molecule has 0 aromatic heterocycles. The summed E-state index contributed by atoms with van der Waals surface area (Å²) in [5.41, 5.74) is 5.42. The monoisotopic (exact) mass is 129 g/mol. The topological polar surface area (TPSA) is 55.5 Å². The molecule has 1 rings (SSSR count). The maximum Gasteiger partial charge on any atom is 0.212 e. The Morgan fingerprint density at radius 1 is 1.89 bits per heavy atom. The highest BCUT2D eigenvalue weighted by atomic mass is 16.6. The van der Waals surface area contributed by atoms with Crippen molar-refractivity contribution in [1.29, 1.82) is 0 Å². The fraction of sp³-hybridized carbons (Fsp3) is 0.667. The standard InChI is InChI=1S/C6H11NO2/c1-4-2-3-5(7)6(8)9-4/h2,5-6,8H,3,7H2,1H3/t5-,6?/m0/s1. The van der Waals surface area contributed by atoms with E-state index < -0.39 is 6.29 Å². The van der Waals surface area contributed by atoms with Crippen LogP contribution in [0.15, 0.2) is 11.8 Å². The molecule has 9 heavy (non-hydrogen) atoms. The van der Waals surface area contributed by atoms with Gasteiger partial charge in [-0.05, 0) is 19.4 Å². The minimum absolute atomic E-state index is 0.256. The van der Waals surface area contributed by atoms with E-state index in [-0.39, 0.29) is 6.04 Å². The van der Waals surface area contributed by atoms with Crippen LogP contribution in [0, 0.1) is 0 Å². The predicted octanol–water partition coefficient (Wildman–Crippen LogP) is -0.0438. The van der Waals surface area contributed by atoms with Gasteiger partial charge in [-0.25, -0.2) is 0 Å². The maximum absolute atomic E-state index is 8.96. The highest BCUT2D eigenvalue weighted by Gasteiger charge is 2.18. The molecule has 1 aliphatic rings. The van der Waals surface area contributed by atoms with Crippen LogP contribution in [0.5, 0.6) is 0 Å². The first-order chi connectivity index (χ1) is 4.20. The molecule has 1 heterocycles. The molecule has 2 atom stereocenters. The molecule has 52 valence electrons. The molecule has 3 nitrogen and oxygen atoms in total. The molecule has 0 aromatic rings. The summed E-state index contributed by atoms with van der Waals surface area (Å²) in [4.78, 5) is 0. The molecule has 0 saturated heterocycles. The van der Waals surface area contributed by atoms with Gasteiger partial charge in [0.1, 0.15) is 0 Å². The number of rotatable bonds is 0. The molecule has 0 spiro atoms. The van der Waals surface area contributed by atoms with E-state index in [1.165, 1.54) is 0 Å². The van der Waals surface area contributed by atoms with Crippen molar-refractivity contribution in [2.24, 2.45) is 5.73 Å². The smallest absolute Gasteiger partial charge is 0.212 e. The van der Waals surface area contributed by atoms with Crippen molar-refractivity contribution in [3.8, 4) is 0 Å². The van der Waals surface area contributed by atoms with Crippen LogP contribution in [0.2, 0.25) is 0 Å². The van der Waals surface area contributed by atoms with Crippen LogP contribution < -0.4 is 5.73 Å². The van der Waals surface area contributed by atoms with Crippen LogP contribution in [0.4, 0.5) is 0 Å². The number of hydrogen-bond acceptors (Lipinski definition) is 3. The van der Waals surface area contributed by atoms with Gasteiger partial charge in [0, 0.05) is 0 Å². The summed E-state index contributed by atoms with van der Waals surface area (Å²) in [5, 5.41) is 8.96. The molecule has 0 aromatic carbocycles. The molecule has 3 N–H and O–H groups in total. The van der Waals surface area contributed by atoms with E-state index in [0.717, 1.165) is 5.76 Å². The number of aliphatic hydroxyl groups excluding tert-OH is 1. The quantitative estimate of drug-likeness (QED) is 0.482. The highest BCUT2D eigenvalue weighted by molar-refractivity contribution is 4.96. The summed E-state index contributed by atoms with van der Waals surface area (Å²) < 4.78 is 4.89. The van der Waals surface area contributed by atoms with Crippen LogP contribution in [-0.2, 0) is 4.74 Å². The summed E-state index contributed by atoms with van der Waals surface area (Å²) in [5.74, 6) is 0.754. The lowest BCUT2D eigenvalue weighted by molar-refractivity contribution is -0.0879. The van der Waals surface area contributed by atoms with E-state index >= 15 is 0 Å². The van der Waals surface area contributed by atoms with Gasteiger partial charge in [0.05, 0.1) is 11.8 Å². The van der Waals surface area contributed by atoms with E-state index in [4.69, 9.17) is 15.6 Å². The number of nitrogens with two attached hydrogens (primary N) is 1. The summed E-state index contributed by atoms with van der Waals surface area (Å²) in [7, 11) is 0. The van der Waals surface area contributed by atoms with E-state index in [1.54, 1.807) is 6.92 Å². The average Bonchev–Trinajstić information content (AvgIpc) is 1.80. The number of allylic oxidation sites excluding steroid dienone is 1. The first-order valence-electron chi connectivity index (χ1n) is 2.97. The van der Waals surface area contributed by atoms with Gasteiger partial charge in [0.25, 0.3) is 0 Å². The Morgan fingerprint density at radius 2 is 2.56 bits per heavy atom. The molecule has 1 unspecified atom stereocenters. The number of ether oxygens (including phenoxy) is 1. The molecule has 0 fully saturated rings. The minimum atomic E-state index is -0.810. The first-order valence-corrected chi connectivity index (χ1v) is 2.97. The van der Waals surface area contributed by atoms with E-state index in [1.807, 2.05) is 6.08 Å². The van der Waals surface area contributed by atoms with E-state index in [9.17, 15) is 0 Å². The van der Waals surface area contributed by atoms with Crippen molar-refractivity contribution in [3.63, 3.8) is 0 Å². The van der Waals surface area contributed by atoms with Gasteiger partial charge >= 0.3 is 0 Å². The second kappa shape index (κ2) is 2.37. The third kappa shape index (κ3) is 1.43. The van der Waals surface area contributed by atoms with Crippen molar-refractivity contribution < 1.29 is 9.84 Å². The molecule has 0 bridgehead atoms. The van der Waals surface area contributed by atoms with Crippen molar-refractivity contribution in [2.45, 2.75) is 25.7 Å². The lowest BCUT2D eigenvalue weighted by Crippen LogP contribution is -2.38. The minimum Gasteiger partial charge on any atom is -0.468 e. The zero-order chi connectivity index (χ0) is 6.85. The molecular weight excluding hydrogens is 118 g/mol. The van der Waals surface area contributed by atoms with Crippen LogP contribution in [0.25, 0.3) is 0 Å². The van der Waals surface area contributed by atoms with Crippen LogP contribution in [-0.4, -0.2) is 17.4 Å². The third-order valence-electron chi connectivity index (χ3n) is 1.35. The Labute approximate surface area is 54.1 Å². The van der Waals surface area contributed by atoms with Gasteiger partial charge in [-0.2, -0.15) is 0 Å². The molecule has 1 aliphatic heterocycles. The molecule has 0 aliphatic carbocycles. The van der Waals surface area contributed by atoms with Gasteiger partial charge in [0.15, 0.2) is 0 Å². The Balaban J connectivity index is 2.54. The third-order valence-corrected chi connectivity index (χ3v) is 1.35. The van der Waals surface area contributed by atoms with Gasteiger partial charge in [-0.3, -0.25) is 0 Å². The van der Waals surface area contributed by atoms with Gasteiger partial charge in [-0.1, -0.05) is 0 Å². The SMILES string of the molecule is CC1=CC[C@H](N)C(O)O1. The fourth-order valence-corrected chi connectivity index (χ4v) is 0.744. The van der Waals surface area contributed by atoms with Crippen LogP contribution in [0.1, 0.15) is 13.3 Å². The first kappa shape index (κ1) is 6.58. The zero-order valence-electron chi connectivity index (χ0n) is 5.37. The molecule has 0 amide bonds. The maximum atomic E-state index is 8.96. The Hall–Kier alpha value is -0.540. The number of hydrogen-bond donors (Lipinski definition) is 2. The molecule has 0 saturated carbocycles. The second-order valence-electron chi connectivity index (χ2n) is 2.22. The van der Waals surface area contributed by atoms with Crippen LogP contribution >= 0.6 is 0 Å². The molecule has 0 radical (unpaired) electrons. The van der Waals surface area contributed by atoms with Crippen molar-refractivity contribution in [2.75, 3.05) is 0 Å². The Morgan fingerprint density at radius 3 is 3.00 bits per heavy atom. The Kier molecular flexibility index (Phi) is 1.73. The molecule has 3 heteroatoms. The van der Waals surface area contributed by atoms with Gasteiger partial charge in [-0.15, -0.1) is 0 Å². The van der Waals surface area contributed by atoms with E-state index in [2.05, 4.69) is 0 Å². The van der Waals surface area contributed by atoms with Crippen molar-refractivity contribution >= 4 is 0 Å². The predicted molar refractivity (Wildman–Crippen MR) is 33.4 cm³/mol. The van der Waals surface area contributed by atoms with Gasteiger partial charge in [0.2, 0.25) is 6.29 Å². The summed E-state index contributed by atoms with van der Waals surface area (Å²) in [6.07, 6.45) is 1.76. The van der Waals surface area contributed by atoms with Crippen molar-refractivity contribution in [3.05, 3.63) is 11.8 Å². The lowest BCUT2D eigenvalue weighted by atomic mass is 10.1. The van der Waals surface area contributed by atoms with Crippen LogP contribution in [0.3, 0.4) is 0 Å². The summed E-state index contributed by atoms with van der Waals surface area (Å²) in [6.45, 7) is 1.80. The lowest BCUT2D eigenvalue weighted by Gasteiger charge is -2.23.